The van der Waals surface area contributed by atoms with Crippen LogP contribution in [0.25, 0.3) is 0 Å². The Kier molecular flexibility index (Phi) is 5.49. The fourth-order valence-corrected chi connectivity index (χ4v) is 3.54. The zero-order valence-electron chi connectivity index (χ0n) is 14.7. The number of carbonyl (C=O) groups is 1. The van der Waals surface area contributed by atoms with E-state index in [1.807, 2.05) is 0 Å². The average molecular weight is 362 g/mol. The summed E-state index contributed by atoms with van der Waals surface area (Å²) in [7, 11) is -2.06. The number of sulfonamides is 1. The van der Waals surface area contributed by atoms with Crippen molar-refractivity contribution in [1.82, 2.24) is 4.72 Å². The number of anilines is 1. The highest BCUT2D eigenvalue weighted by Crippen LogP contribution is 2.17. The van der Waals surface area contributed by atoms with Crippen LogP contribution in [-0.4, -0.2) is 27.0 Å². The topological polar surface area (TPSA) is 84.5 Å². The molecule has 0 saturated carbocycles. The summed E-state index contributed by atoms with van der Waals surface area (Å²) in [6.45, 7) is 5.30. The first kappa shape index (κ1) is 19.0. The molecular weight excluding hydrogens is 340 g/mol. The lowest BCUT2D eigenvalue weighted by Crippen LogP contribution is -2.40. The number of hydrogen-bond donors (Lipinski definition) is 2. The molecule has 0 unspecified atom stereocenters. The summed E-state index contributed by atoms with van der Waals surface area (Å²) in [6.07, 6.45) is 0. The maximum atomic E-state index is 12.3. The van der Waals surface area contributed by atoms with Crippen LogP contribution in [0.1, 0.15) is 31.1 Å². The van der Waals surface area contributed by atoms with Crippen LogP contribution < -0.4 is 14.8 Å². The fourth-order valence-electron chi connectivity index (χ4n) is 2.13. The summed E-state index contributed by atoms with van der Waals surface area (Å²) < 4.78 is 32.1. The number of nitrogens with one attached hydrogen (secondary N) is 2. The van der Waals surface area contributed by atoms with Crippen molar-refractivity contribution < 1.29 is 17.9 Å². The van der Waals surface area contributed by atoms with Crippen molar-refractivity contribution in [2.45, 2.75) is 31.2 Å². The van der Waals surface area contributed by atoms with Crippen LogP contribution >= 0.6 is 0 Å². The molecule has 2 aromatic rings. The lowest BCUT2D eigenvalue weighted by atomic mass is 10.1. The smallest absolute Gasteiger partial charge is 0.255 e. The van der Waals surface area contributed by atoms with Gasteiger partial charge in [-0.15, -0.1) is 0 Å². The molecule has 0 aliphatic heterocycles. The second-order valence-corrected chi connectivity index (χ2v) is 8.24. The van der Waals surface area contributed by atoms with Gasteiger partial charge < -0.3 is 10.1 Å². The zero-order chi connectivity index (χ0) is 18.7. The molecule has 2 aromatic carbocycles. The summed E-state index contributed by atoms with van der Waals surface area (Å²) in [5.41, 5.74) is 0.408. The number of amides is 1. The Labute approximate surface area is 148 Å². The molecule has 134 valence electrons. The van der Waals surface area contributed by atoms with Gasteiger partial charge in [-0.05, 0) is 69.3 Å². The molecule has 0 radical (unpaired) electrons. The highest BCUT2D eigenvalue weighted by Gasteiger charge is 2.22. The maximum absolute atomic E-state index is 12.3. The van der Waals surface area contributed by atoms with Gasteiger partial charge in [0.2, 0.25) is 10.0 Å². The molecule has 25 heavy (non-hydrogen) atoms. The summed E-state index contributed by atoms with van der Waals surface area (Å²) in [5.74, 6) is 0.372. The first-order valence-electron chi connectivity index (χ1n) is 7.70. The van der Waals surface area contributed by atoms with Crippen LogP contribution in [0, 0.1) is 0 Å². The largest absolute Gasteiger partial charge is 0.497 e. The van der Waals surface area contributed by atoms with E-state index in [-0.39, 0.29) is 10.8 Å². The molecule has 0 saturated heterocycles. The first-order chi connectivity index (χ1) is 11.6. The van der Waals surface area contributed by atoms with Crippen LogP contribution in [0.15, 0.2) is 53.4 Å². The fraction of sp³-hybridized carbons (Fsp3) is 0.278. The number of hydrogen-bond acceptors (Lipinski definition) is 4. The third-order valence-corrected chi connectivity index (χ3v) is 4.99. The minimum atomic E-state index is -3.62. The molecule has 0 bridgehead atoms. The minimum Gasteiger partial charge on any atom is -0.497 e. The van der Waals surface area contributed by atoms with E-state index in [1.54, 1.807) is 52.1 Å². The predicted molar refractivity (Wildman–Crippen MR) is 97.5 cm³/mol. The third kappa shape index (κ3) is 5.30. The summed E-state index contributed by atoms with van der Waals surface area (Å²) >= 11 is 0. The van der Waals surface area contributed by atoms with Gasteiger partial charge in [-0.3, -0.25) is 4.79 Å². The van der Waals surface area contributed by atoms with Crippen LogP contribution in [0.3, 0.4) is 0 Å². The number of benzene rings is 2. The number of rotatable bonds is 5. The van der Waals surface area contributed by atoms with Crippen molar-refractivity contribution in [1.29, 1.82) is 0 Å². The van der Waals surface area contributed by atoms with E-state index in [2.05, 4.69) is 10.0 Å². The molecule has 1 amide bonds. The van der Waals surface area contributed by atoms with Crippen molar-refractivity contribution in [2.24, 2.45) is 0 Å². The van der Waals surface area contributed by atoms with Gasteiger partial charge in [-0.2, -0.15) is 0 Å². The SMILES string of the molecule is COc1ccc(NC(=O)c2ccc(S(=O)(=O)NC(C)(C)C)cc2)cc1. The maximum Gasteiger partial charge on any atom is 0.255 e. The molecule has 0 heterocycles. The zero-order valence-corrected chi connectivity index (χ0v) is 15.5. The van der Waals surface area contributed by atoms with E-state index in [4.69, 9.17) is 4.74 Å². The summed E-state index contributed by atoms with van der Waals surface area (Å²) in [6, 6.07) is 12.7. The Morgan fingerprint density at radius 2 is 1.52 bits per heavy atom. The van der Waals surface area contributed by atoms with Gasteiger partial charge in [-0.1, -0.05) is 0 Å². The lowest BCUT2D eigenvalue weighted by molar-refractivity contribution is 0.102. The van der Waals surface area contributed by atoms with Gasteiger partial charge >= 0.3 is 0 Å². The normalized spacial score (nSPS) is 11.8. The van der Waals surface area contributed by atoms with E-state index in [1.165, 1.54) is 24.3 Å². The van der Waals surface area contributed by atoms with E-state index in [0.29, 0.717) is 17.0 Å². The van der Waals surface area contributed by atoms with Gasteiger partial charge in [-0.25, -0.2) is 13.1 Å². The minimum absolute atomic E-state index is 0.114. The summed E-state index contributed by atoms with van der Waals surface area (Å²) in [5, 5.41) is 2.75. The molecule has 0 fully saturated rings. The van der Waals surface area contributed by atoms with Crippen LogP contribution in [-0.2, 0) is 10.0 Å². The summed E-state index contributed by atoms with van der Waals surface area (Å²) in [4.78, 5) is 12.4. The lowest BCUT2D eigenvalue weighted by Gasteiger charge is -2.20. The first-order valence-corrected chi connectivity index (χ1v) is 9.18. The van der Waals surface area contributed by atoms with Crippen molar-refractivity contribution in [3.63, 3.8) is 0 Å². The van der Waals surface area contributed by atoms with E-state index in [0.717, 1.165) is 0 Å². The molecule has 0 aliphatic carbocycles. The molecular formula is C18H22N2O4S. The molecule has 7 heteroatoms. The van der Waals surface area contributed by atoms with Crippen molar-refractivity contribution in [3.05, 3.63) is 54.1 Å². The third-order valence-electron chi connectivity index (χ3n) is 3.22. The Morgan fingerprint density at radius 1 is 0.960 bits per heavy atom. The number of carbonyl (C=O) groups excluding carboxylic acids is 1. The highest BCUT2D eigenvalue weighted by molar-refractivity contribution is 7.89. The quantitative estimate of drug-likeness (QED) is 0.856. The van der Waals surface area contributed by atoms with Crippen LogP contribution in [0.5, 0.6) is 5.75 Å². The number of methoxy groups -OCH3 is 1. The van der Waals surface area contributed by atoms with E-state index < -0.39 is 15.6 Å². The van der Waals surface area contributed by atoms with Gasteiger partial charge in [0.1, 0.15) is 5.75 Å². The number of ether oxygens (including phenoxy) is 1. The molecule has 6 nitrogen and oxygen atoms in total. The average Bonchev–Trinajstić information content (AvgIpc) is 2.53. The molecule has 0 spiro atoms. The van der Waals surface area contributed by atoms with Gasteiger partial charge in [0.15, 0.2) is 0 Å². The molecule has 0 atom stereocenters. The highest BCUT2D eigenvalue weighted by atomic mass is 32.2. The molecule has 0 aromatic heterocycles. The Hall–Kier alpha value is -2.38. The van der Waals surface area contributed by atoms with E-state index >= 15 is 0 Å². The van der Waals surface area contributed by atoms with Crippen molar-refractivity contribution in [3.8, 4) is 5.75 Å². The molecule has 2 N–H and O–H groups in total. The van der Waals surface area contributed by atoms with Gasteiger partial charge in [0.25, 0.3) is 5.91 Å². The van der Waals surface area contributed by atoms with Crippen molar-refractivity contribution in [2.75, 3.05) is 12.4 Å². The van der Waals surface area contributed by atoms with Crippen LogP contribution in [0.2, 0.25) is 0 Å². The second-order valence-electron chi connectivity index (χ2n) is 6.56. The van der Waals surface area contributed by atoms with Gasteiger partial charge in [0, 0.05) is 16.8 Å². The predicted octanol–water partition coefficient (Wildman–Crippen LogP) is 3.02. The standard InChI is InChI=1S/C18H22N2O4S/c1-18(2,3)20-25(22,23)16-11-5-13(6-12-16)17(21)19-14-7-9-15(24-4)10-8-14/h5-12,20H,1-4H3,(H,19,21). The Balaban J connectivity index is 2.12. The van der Waals surface area contributed by atoms with E-state index in [9.17, 15) is 13.2 Å². The molecule has 0 aliphatic rings. The van der Waals surface area contributed by atoms with Gasteiger partial charge in [0.05, 0.1) is 12.0 Å². The monoisotopic (exact) mass is 362 g/mol. The van der Waals surface area contributed by atoms with Crippen molar-refractivity contribution >= 4 is 21.6 Å². The molecule has 2 rings (SSSR count). The Morgan fingerprint density at radius 3 is 2.00 bits per heavy atom. The second kappa shape index (κ2) is 7.25. The van der Waals surface area contributed by atoms with Crippen LogP contribution in [0.4, 0.5) is 5.69 Å². The Bertz CT molecular complexity index is 836.